The first-order chi connectivity index (χ1) is 13.7. The van der Waals surface area contributed by atoms with Crippen molar-refractivity contribution in [2.24, 2.45) is 0 Å². The van der Waals surface area contributed by atoms with E-state index < -0.39 is 0 Å². The number of nitriles is 4. The normalized spacial score (nSPS) is 17.5. The predicted octanol–water partition coefficient (Wildman–Crippen LogP) is -0.0617. The molecule has 0 aromatic carbocycles. The van der Waals surface area contributed by atoms with Crippen molar-refractivity contribution < 1.29 is 22.5 Å². The van der Waals surface area contributed by atoms with Crippen molar-refractivity contribution in [3.8, 4) is 24.3 Å². The molecule has 0 unspecified atom stereocenters. The second kappa shape index (κ2) is 20.5. The smallest absolute Gasteiger partial charge is 0.457 e. The number of hydrogen-bond acceptors (Lipinski definition) is 8. The first kappa shape index (κ1) is 30.5. The summed E-state index contributed by atoms with van der Waals surface area (Å²) in [5.41, 5.74) is 0. The molecule has 10 heteroatoms. The van der Waals surface area contributed by atoms with Crippen molar-refractivity contribution in [3.05, 3.63) is 0 Å². The van der Waals surface area contributed by atoms with Crippen molar-refractivity contribution in [1.82, 2.24) is 19.6 Å². The molecule has 9 nitrogen and oxygen atoms in total. The maximum Gasteiger partial charge on any atom is 2.00 e. The summed E-state index contributed by atoms with van der Waals surface area (Å²) >= 11 is 0. The Balaban J connectivity index is 0. The monoisotopic (exact) mass is 466 g/mol. The van der Waals surface area contributed by atoms with Crippen LogP contribution >= 0.6 is 0 Å². The van der Waals surface area contributed by atoms with Crippen LogP contribution in [0.2, 0.25) is 0 Å². The van der Waals surface area contributed by atoms with Gasteiger partial charge in [-0.3, -0.25) is 19.6 Å². The van der Waals surface area contributed by atoms with Gasteiger partial charge in [-0.25, -0.2) is 0 Å². The van der Waals surface area contributed by atoms with Crippen LogP contribution in [0.4, 0.5) is 0 Å². The predicted molar refractivity (Wildman–Crippen MR) is 112 cm³/mol. The van der Waals surface area contributed by atoms with Crippen molar-refractivity contribution in [2.75, 3.05) is 78.5 Å². The maximum atomic E-state index is 8.94. The van der Waals surface area contributed by atoms with Gasteiger partial charge in [0.2, 0.25) is 0 Å². The van der Waals surface area contributed by atoms with Crippen LogP contribution in [0, 0.1) is 45.3 Å². The number of rotatable bonds is 8. The average Bonchev–Trinajstić information content (AvgIpc) is 2.71. The van der Waals surface area contributed by atoms with Gasteiger partial charge in [0.15, 0.2) is 0 Å². The van der Waals surface area contributed by atoms with Crippen molar-refractivity contribution in [1.29, 1.82) is 21.0 Å². The van der Waals surface area contributed by atoms with Crippen LogP contribution in [0.5, 0.6) is 0 Å². The summed E-state index contributed by atoms with van der Waals surface area (Å²) in [6.07, 6.45) is 2.05. The Morgan fingerprint density at radius 1 is 0.433 bits per heavy atom. The Kier molecular flexibility index (Phi) is 20.9. The molecule has 0 aromatic heterocycles. The standard InChI is InChI=1S/C20H32N8.Cu.H2O/c21-5-1-9-25-13-15-26(10-2-6-22)17-19-28(12-4-8-24)20-18-27(16-14-25)11-3-7-23;;/h1-4,9-20H2;;1H2/q;+2;/p+1. The number of nitrogens with zero attached hydrogens (tertiary/aromatic N) is 8. The molecule has 30 heavy (non-hydrogen) atoms. The van der Waals surface area contributed by atoms with Crippen LogP contribution in [0.25, 0.3) is 0 Å². The Hall–Kier alpha value is -1.72. The zero-order chi connectivity index (χ0) is 20.5. The second-order valence-corrected chi connectivity index (χ2v) is 7.00. The van der Waals surface area contributed by atoms with Gasteiger partial charge in [0.25, 0.3) is 0 Å². The van der Waals surface area contributed by atoms with Gasteiger partial charge in [0.1, 0.15) is 0 Å². The minimum absolute atomic E-state index is 0. The second-order valence-electron chi connectivity index (χ2n) is 7.00. The van der Waals surface area contributed by atoms with Gasteiger partial charge in [0.05, 0.1) is 24.3 Å². The summed E-state index contributed by atoms with van der Waals surface area (Å²) in [6.45, 7) is 9.99. The summed E-state index contributed by atoms with van der Waals surface area (Å²) in [4.78, 5) is 9.27. The fraction of sp³-hybridized carbons (Fsp3) is 0.800. The van der Waals surface area contributed by atoms with Crippen molar-refractivity contribution in [3.63, 3.8) is 0 Å². The molecule has 3 N–H and O–H groups in total. The third-order valence-corrected chi connectivity index (χ3v) is 5.09. The molecule has 1 rings (SSSR count). The van der Waals surface area contributed by atoms with Gasteiger partial charge in [0, 0.05) is 104 Å². The quantitative estimate of drug-likeness (QED) is 0.357. The van der Waals surface area contributed by atoms with Gasteiger partial charge >= 0.3 is 17.1 Å². The SMILES string of the molecule is N#CCCN1CCN(CCC#N)CCN(CCC#N)CCN(CCC#N)CC1.[Cu+2].[OH3+]. The third-order valence-electron chi connectivity index (χ3n) is 5.09. The van der Waals surface area contributed by atoms with E-state index in [1.165, 1.54) is 0 Å². The summed E-state index contributed by atoms with van der Waals surface area (Å²) in [5.74, 6) is 0. The largest absolute Gasteiger partial charge is 2.00 e. The van der Waals surface area contributed by atoms with Crippen LogP contribution in [0.3, 0.4) is 0 Å². The van der Waals surface area contributed by atoms with E-state index in [4.69, 9.17) is 21.0 Å². The van der Waals surface area contributed by atoms with Gasteiger partial charge in [-0.05, 0) is 0 Å². The Labute approximate surface area is 191 Å². The van der Waals surface area contributed by atoms with E-state index in [2.05, 4.69) is 43.9 Å². The molecular weight excluding hydrogens is 432 g/mol. The Morgan fingerprint density at radius 2 is 0.600 bits per heavy atom. The van der Waals surface area contributed by atoms with Crippen LogP contribution in [0.15, 0.2) is 0 Å². The van der Waals surface area contributed by atoms with Crippen molar-refractivity contribution >= 4 is 0 Å². The molecule has 0 aromatic rings. The van der Waals surface area contributed by atoms with E-state index in [1.54, 1.807) is 0 Å². The molecule has 1 heterocycles. The molecule has 0 atom stereocenters. The zero-order valence-electron chi connectivity index (χ0n) is 17.8. The molecule has 169 valence electrons. The summed E-state index contributed by atoms with van der Waals surface area (Å²) < 4.78 is 0. The van der Waals surface area contributed by atoms with E-state index in [9.17, 15) is 0 Å². The van der Waals surface area contributed by atoms with Crippen LogP contribution < -0.4 is 0 Å². The first-order valence-electron chi connectivity index (χ1n) is 10.1. The molecule has 1 fully saturated rings. The van der Waals surface area contributed by atoms with E-state index in [1.807, 2.05) is 0 Å². The minimum atomic E-state index is 0. The molecule has 1 radical (unpaired) electrons. The fourth-order valence-electron chi connectivity index (χ4n) is 3.31. The average molecular weight is 467 g/mol. The van der Waals surface area contributed by atoms with E-state index in [-0.39, 0.29) is 22.5 Å². The topological polar surface area (TPSA) is 141 Å². The van der Waals surface area contributed by atoms with Crippen LogP contribution in [-0.4, -0.2) is 98.1 Å². The molecule has 0 spiro atoms. The van der Waals surface area contributed by atoms with E-state index in [0.717, 1.165) is 78.5 Å². The van der Waals surface area contributed by atoms with Gasteiger partial charge in [-0.2, -0.15) is 21.0 Å². The van der Waals surface area contributed by atoms with Gasteiger partial charge in [-0.1, -0.05) is 0 Å². The van der Waals surface area contributed by atoms with Crippen LogP contribution in [0.1, 0.15) is 25.7 Å². The summed E-state index contributed by atoms with van der Waals surface area (Å²) in [6, 6.07) is 8.92. The van der Waals surface area contributed by atoms with Gasteiger partial charge < -0.3 is 5.48 Å². The maximum absolute atomic E-state index is 8.94. The molecule has 0 bridgehead atoms. The zero-order valence-corrected chi connectivity index (χ0v) is 18.7. The van der Waals surface area contributed by atoms with Crippen molar-refractivity contribution in [2.45, 2.75) is 25.7 Å². The Bertz CT molecular complexity index is 472. The summed E-state index contributed by atoms with van der Waals surface area (Å²) in [7, 11) is 0. The molecule has 1 aliphatic heterocycles. The summed E-state index contributed by atoms with van der Waals surface area (Å²) in [5, 5.41) is 35.8. The van der Waals surface area contributed by atoms with E-state index >= 15 is 0 Å². The Morgan fingerprint density at radius 3 is 0.733 bits per heavy atom. The fourth-order valence-corrected chi connectivity index (χ4v) is 3.31. The molecule has 0 amide bonds. The number of hydrogen-bond donors (Lipinski definition) is 0. The third kappa shape index (κ3) is 14.3. The minimum Gasteiger partial charge on any atom is -0.457 e. The molecule has 0 saturated carbocycles. The molecule has 1 saturated heterocycles. The molecular formula is C20H35CuN8O+3. The first-order valence-corrected chi connectivity index (χ1v) is 10.1. The molecule has 0 aliphatic carbocycles. The van der Waals surface area contributed by atoms with E-state index in [0.29, 0.717) is 25.7 Å². The van der Waals surface area contributed by atoms with Crippen LogP contribution in [-0.2, 0) is 22.5 Å². The van der Waals surface area contributed by atoms with Gasteiger partial charge in [-0.15, -0.1) is 0 Å². The molecule has 1 aliphatic rings.